The standard InChI is InChI=1S/C18H32N4O2S/c1-3-4-12-23-14-15-24-13-7-20-18(19-2)22-10-8-21(9-11-22)17-6-5-16-25-17/h5-6,16H,3-4,7-15H2,1-2H3,(H,19,20). The molecule has 1 aromatic heterocycles. The van der Waals surface area contributed by atoms with E-state index in [-0.39, 0.29) is 0 Å². The highest BCUT2D eigenvalue weighted by atomic mass is 32.1. The van der Waals surface area contributed by atoms with Crippen LogP contribution in [-0.2, 0) is 9.47 Å². The van der Waals surface area contributed by atoms with E-state index >= 15 is 0 Å². The summed E-state index contributed by atoms with van der Waals surface area (Å²) >= 11 is 1.81. The first kappa shape index (κ1) is 20.0. The molecule has 0 aliphatic carbocycles. The Bertz CT molecular complexity index is 473. The number of hydrogen-bond donors (Lipinski definition) is 1. The summed E-state index contributed by atoms with van der Waals surface area (Å²) in [6, 6.07) is 4.30. The Balaban J connectivity index is 1.55. The molecule has 0 radical (unpaired) electrons. The van der Waals surface area contributed by atoms with Crippen LogP contribution in [0.4, 0.5) is 5.00 Å². The zero-order valence-corrected chi connectivity index (χ0v) is 16.4. The van der Waals surface area contributed by atoms with E-state index in [2.05, 4.69) is 44.5 Å². The molecule has 1 aliphatic rings. The molecule has 0 atom stereocenters. The van der Waals surface area contributed by atoms with Crippen molar-refractivity contribution < 1.29 is 9.47 Å². The lowest BCUT2D eigenvalue weighted by Crippen LogP contribution is -2.52. The zero-order valence-electron chi connectivity index (χ0n) is 15.6. The Morgan fingerprint density at radius 1 is 1.16 bits per heavy atom. The maximum absolute atomic E-state index is 5.59. The Hall–Kier alpha value is -1.31. The van der Waals surface area contributed by atoms with Crippen LogP contribution in [0.25, 0.3) is 0 Å². The van der Waals surface area contributed by atoms with Gasteiger partial charge in [-0.15, -0.1) is 11.3 Å². The van der Waals surface area contributed by atoms with Crippen molar-refractivity contribution in [2.24, 2.45) is 4.99 Å². The quantitative estimate of drug-likeness (QED) is 0.390. The molecule has 0 bridgehead atoms. The summed E-state index contributed by atoms with van der Waals surface area (Å²) in [5.74, 6) is 0.966. The van der Waals surface area contributed by atoms with Gasteiger partial charge in [-0.05, 0) is 23.9 Å². The van der Waals surface area contributed by atoms with Gasteiger partial charge in [0.05, 0.1) is 24.8 Å². The van der Waals surface area contributed by atoms with Gasteiger partial charge in [-0.25, -0.2) is 0 Å². The van der Waals surface area contributed by atoms with Crippen molar-refractivity contribution >= 4 is 22.3 Å². The van der Waals surface area contributed by atoms with Crippen LogP contribution in [0.5, 0.6) is 0 Å². The fourth-order valence-corrected chi connectivity index (χ4v) is 3.51. The molecule has 0 aromatic carbocycles. The van der Waals surface area contributed by atoms with Crippen LogP contribution in [0.2, 0.25) is 0 Å². The van der Waals surface area contributed by atoms with Gasteiger partial charge < -0.3 is 24.6 Å². The number of nitrogens with zero attached hydrogens (tertiary/aromatic N) is 3. The third-order valence-electron chi connectivity index (χ3n) is 4.15. The molecule has 142 valence electrons. The van der Waals surface area contributed by atoms with Crippen LogP contribution in [0.1, 0.15) is 19.8 Å². The van der Waals surface area contributed by atoms with Gasteiger partial charge in [-0.3, -0.25) is 4.99 Å². The Labute approximate surface area is 155 Å². The number of nitrogens with one attached hydrogen (secondary N) is 1. The normalized spacial score (nSPS) is 15.7. The summed E-state index contributed by atoms with van der Waals surface area (Å²) in [5, 5.41) is 6.89. The molecule has 1 saturated heterocycles. The molecule has 0 amide bonds. The van der Waals surface area contributed by atoms with Crippen molar-refractivity contribution in [3.8, 4) is 0 Å². The van der Waals surface area contributed by atoms with E-state index in [0.717, 1.165) is 51.7 Å². The lowest BCUT2D eigenvalue weighted by molar-refractivity contribution is 0.0486. The first-order valence-electron chi connectivity index (χ1n) is 9.24. The minimum absolute atomic E-state index is 0.656. The van der Waals surface area contributed by atoms with Crippen molar-refractivity contribution in [1.29, 1.82) is 0 Å². The molecule has 0 unspecified atom stereocenters. The highest BCUT2D eigenvalue weighted by Gasteiger charge is 2.19. The third-order valence-corrected chi connectivity index (χ3v) is 5.08. The minimum Gasteiger partial charge on any atom is -0.379 e. The molecule has 6 nitrogen and oxygen atoms in total. The van der Waals surface area contributed by atoms with Crippen molar-refractivity contribution in [3.05, 3.63) is 17.5 Å². The van der Waals surface area contributed by atoms with Crippen molar-refractivity contribution in [1.82, 2.24) is 10.2 Å². The van der Waals surface area contributed by atoms with Crippen molar-refractivity contribution in [2.75, 3.05) is 71.1 Å². The van der Waals surface area contributed by atoms with Crippen LogP contribution in [0.3, 0.4) is 0 Å². The molecule has 2 heterocycles. The van der Waals surface area contributed by atoms with Gasteiger partial charge in [0, 0.05) is 46.4 Å². The maximum Gasteiger partial charge on any atom is 0.193 e. The molecule has 7 heteroatoms. The summed E-state index contributed by atoms with van der Waals surface area (Å²) in [7, 11) is 1.84. The predicted octanol–water partition coefficient (Wildman–Crippen LogP) is 2.28. The van der Waals surface area contributed by atoms with Crippen molar-refractivity contribution in [2.45, 2.75) is 19.8 Å². The Morgan fingerprint density at radius 2 is 1.92 bits per heavy atom. The first-order chi connectivity index (χ1) is 12.3. The molecule has 0 saturated carbocycles. The largest absolute Gasteiger partial charge is 0.379 e. The second kappa shape index (κ2) is 12.1. The molecular formula is C18H32N4O2S. The molecule has 1 aromatic rings. The molecule has 0 spiro atoms. The molecule has 1 N–H and O–H groups in total. The number of thiophene rings is 1. The number of hydrogen-bond acceptors (Lipinski definition) is 5. The second-order valence-electron chi connectivity index (χ2n) is 5.98. The van der Waals surface area contributed by atoms with Gasteiger partial charge in [-0.2, -0.15) is 0 Å². The lowest BCUT2D eigenvalue weighted by atomic mass is 10.3. The number of piperazine rings is 1. The van der Waals surface area contributed by atoms with Gasteiger partial charge in [0.25, 0.3) is 0 Å². The topological polar surface area (TPSA) is 49.3 Å². The molecular weight excluding hydrogens is 336 g/mol. The van der Waals surface area contributed by atoms with E-state index in [1.54, 1.807) is 0 Å². The highest BCUT2D eigenvalue weighted by Crippen LogP contribution is 2.22. The van der Waals surface area contributed by atoms with Crippen LogP contribution in [0.15, 0.2) is 22.5 Å². The van der Waals surface area contributed by atoms with E-state index in [9.17, 15) is 0 Å². The molecule has 25 heavy (non-hydrogen) atoms. The SMILES string of the molecule is CCCCOCCOCCNC(=NC)N1CCN(c2cccs2)CC1. The van der Waals surface area contributed by atoms with Gasteiger partial charge in [0.15, 0.2) is 5.96 Å². The second-order valence-corrected chi connectivity index (χ2v) is 6.90. The van der Waals surface area contributed by atoms with E-state index in [1.165, 1.54) is 11.4 Å². The summed E-state index contributed by atoms with van der Waals surface area (Å²) in [5.41, 5.74) is 0. The number of guanidine groups is 1. The van der Waals surface area contributed by atoms with Gasteiger partial charge >= 0.3 is 0 Å². The van der Waals surface area contributed by atoms with E-state index < -0.39 is 0 Å². The Kier molecular flexibility index (Phi) is 9.69. The smallest absolute Gasteiger partial charge is 0.193 e. The molecule has 1 aliphatic heterocycles. The summed E-state index contributed by atoms with van der Waals surface area (Å²) in [6.45, 7) is 9.83. The average Bonchev–Trinajstić information content (AvgIpc) is 3.18. The van der Waals surface area contributed by atoms with E-state index in [1.807, 2.05) is 18.4 Å². The average molecular weight is 369 g/mol. The maximum atomic E-state index is 5.59. The Morgan fingerprint density at radius 3 is 2.56 bits per heavy atom. The summed E-state index contributed by atoms with van der Waals surface area (Å²) < 4.78 is 11.1. The minimum atomic E-state index is 0.656. The van der Waals surface area contributed by atoms with Gasteiger partial charge in [0.2, 0.25) is 0 Å². The lowest BCUT2D eigenvalue weighted by Gasteiger charge is -2.37. The third kappa shape index (κ3) is 7.22. The van der Waals surface area contributed by atoms with Crippen LogP contribution < -0.4 is 10.2 Å². The van der Waals surface area contributed by atoms with Crippen LogP contribution in [0, 0.1) is 0 Å². The fraction of sp³-hybridized carbons (Fsp3) is 0.722. The van der Waals surface area contributed by atoms with Gasteiger partial charge in [-0.1, -0.05) is 13.3 Å². The fourth-order valence-electron chi connectivity index (χ4n) is 2.72. The zero-order chi connectivity index (χ0) is 17.7. The van der Waals surface area contributed by atoms with E-state index in [4.69, 9.17) is 9.47 Å². The number of anilines is 1. The number of unbranched alkanes of at least 4 members (excludes halogenated alkanes) is 1. The van der Waals surface area contributed by atoms with Crippen LogP contribution >= 0.6 is 11.3 Å². The summed E-state index contributed by atoms with van der Waals surface area (Å²) in [4.78, 5) is 9.16. The monoisotopic (exact) mass is 368 g/mol. The van der Waals surface area contributed by atoms with Crippen LogP contribution in [-0.4, -0.2) is 77.1 Å². The predicted molar refractivity (Wildman–Crippen MR) is 106 cm³/mol. The van der Waals surface area contributed by atoms with Gasteiger partial charge in [0.1, 0.15) is 0 Å². The molecule has 2 rings (SSSR count). The number of ether oxygens (including phenoxy) is 2. The van der Waals surface area contributed by atoms with Crippen molar-refractivity contribution in [3.63, 3.8) is 0 Å². The first-order valence-corrected chi connectivity index (χ1v) is 10.1. The highest BCUT2D eigenvalue weighted by molar-refractivity contribution is 7.14. The van der Waals surface area contributed by atoms with E-state index in [0.29, 0.717) is 19.8 Å². The number of rotatable bonds is 10. The number of aliphatic imine (C=N–C) groups is 1. The molecule has 1 fully saturated rings. The summed E-state index contributed by atoms with van der Waals surface area (Å²) in [6.07, 6.45) is 2.29.